The minimum atomic E-state index is -1.05. The number of hydrogen-bond acceptors (Lipinski definition) is 3. The molecule has 0 heterocycles. The minimum absolute atomic E-state index is 0.0566. The Morgan fingerprint density at radius 1 is 1.28 bits per heavy atom. The van der Waals surface area contributed by atoms with E-state index >= 15 is 0 Å². The van der Waals surface area contributed by atoms with Crippen LogP contribution in [0, 0.1) is 5.92 Å². The van der Waals surface area contributed by atoms with Crippen molar-refractivity contribution in [1.29, 1.82) is 0 Å². The average molecular weight is 244 g/mol. The fourth-order valence-corrected chi connectivity index (χ4v) is 2.11. The number of Topliss-reactive ketones (excluding diaryl/α,β-unsaturated/α-hetero) is 2. The molecule has 1 aromatic rings. The van der Waals surface area contributed by atoms with Crippen LogP contribution in [0.15, 0.2) is 36.4 Å². The molecule has 0 bridgehead atoms. The third kappa shape index (κ3) is 2.37. The summed E-state index contributed by atoms with van der Waals surface area (Å²) >= 11 is 0. The third-order valence-electron chi connectivity index (χ3n) is 2.98. The van der Waals surface area contributed by atoms with E-state index in [0.717, 1.165) is 6.08 Å². The minimum Gasteiger partial charge on any atom is -0.478 e. The highest BCUT2D eigenvalue weighted by Crippen LogP contribution is 2.27. The fraction of sp³-hybridized carbons (Fsp3) is 0.214. The molecule has 0 aromatic heterocycles. The number of rotatable bonds is 3. The molecule has 0 unspecified atom stereocenters. The lowest BCUT2D eigenvalue weighted by atomic mass is 9.80. The molecule has 2 rings (SSSR count). The van der Waals surface area contributed by atoms with Crippen molar-refractivity contribution in [1.82, 2.24) is 0 Å². The van der Waals surface area contributed by atoms with Gasteiger partial charge in [-0.05, 0) is 6.42 Å². The van der Waals surface area contributed by atoms with Crippen LogP contribution < -0.4 is 0 Å². The molecule has 4 nitrogen and oxygen atoms in total. The highest BCUT2D eigenvalue weighted by Gasteiger charge is 2.31. The van der Waals surface area contributed by atoms with Crippen LogP contribution in [-0.4, -0.2) is 22.6 Å². The van der Waals surface area contributed by atoms with Crippen molar-refractivity contribution in [2.24, 2.45) is 5.92 Å². The summed E-state index contributed by atoms with van der Waals surface area (Å²) < 4.78 is 0. The van der Waals surface area contributed by atoms with Gasteiger partial charge in [-0.2, -0.15) is 0 Å². The maximum atomic E-state index is 12.1. The van der Waals surface area contributed by atoms with Crippen LogP contribution in [0.1, 0.15) is 33.6 Å². The molecule has 1 aromatic carbocycles. The molecule has 0 saturated heterocycles. The van der Waals surface area contributed by atoms with Crippen LogP contribution >= 0.6 is 0 Å². The number of benzene rings is 1. The lowest BCUT2D eigenvalue weighted by Crippen LogP contribution is -2.26. The Morgan fingerprint density at radius 2 is 1.94 bits per heavy atom. The molecule has 0 aliphatic heterocycles. The van der Waals surface area contributed by atoms with E-state index in [1.54, 1.807) is 24.3 Å². The molecule has 0 radical (unpaired) electrons. The van der Waals surface area contributed by atoms with Crippen LogP contribution in [0.5, 0.6) is 0 Å². The van der Waals surface area contributed by atoms with Gasteiger partial charge in [0.15, 0.2) is 11.6 Å². The molecule has 0 saturated carbocycles. The van der Waals surface area contributed by atoms with Gasteiger partial charge in [-0.15, -0.1) is 0 Å². The molecule has 1 atom stereocenters. The summed E-state index contributed by atoms with van der Waals surface area (Å²) in [4.78, 5) is 34.3. The van der Waals surface area contributed by atoms with Crippen molar-refractivity contribution in [3.05, 3.63) is 47.5 Å². The van der Waals surface area contributed by atoms with Gasteiger partial charge in [-0.25, -0.2) is 4.79 Å². The third-order valence-corrected chi connectivity index (χ3v) is 2.98. The normalized spacial score (nSPS) is 19.0. The van der Waals surface area contributed by atoms with Crippen molar-refractivity contribution < 1.29 is 19.5 Å². The highest BCUT2D eigenvalue weighted by atomic mass is 16.4. The summed E-state index contributed by atoms with van der Waals surface area (Å²) in [6, 6.07) is 6.75. The fourth-order valence-electron chi connectivity index (χ4n) is 2.11. The van der Waals surface area contributed by atoms with E-state index in [-0.39, 0.29) is 24.4 Å². The average Bonchev–Trinajstić information content (AvgIpc) is 2.35. The smallest absolute Gasteiger partial charge is 0.327 e. The van der Waals surface area contributed by atoms with Gasteiger partial charge in [-0.3, -0.25) is 9.59 Å². The first-order valence-electron chi connectivity index (χ1n) is 5.65. The molecule has 92 valence electrons. The van der Waals surface area contributed by atoms with Gasteiger partial charge in [0.2, 0.25) is 0 Å². The Hall–Kier alpha value is -2.23. The Bertz CT molecular complexity index is 542. The van der Waals surface area contributed by atoms with E-state index < -0.39 is 11.9 Å². The number of allylic oxidation sites excluding steroid dienone is 1. The van der Waals surface area contributed by atoms with Crippen molar-refractivity contribution in [2.75, 3.05) is 0 Å². The largest absolute Gasteiger partial charge is 0.478 e. The van der Waals surface area contributed by atoms with Gasteiger partial charge in [0, 0.05) is 29.5 Å². The summed E-state index contributed by atoms with van der Waals surface area (Å²) in [5.41, 5.74) is 0.920. The Kier molecular flexibility index (Phi) is 3.37. The quantitative estimate of drug-likeness (QED) is 0.826. The van der Waals surface area contributed by atoms with Gasteiger partial charge < -0.3 is 5.11 Å². The van der Waals surface area contributed by atoms with Crippen molar-refractivity contribution in [2.45, 2.75) is 12.8 Å². The van der Waals surface area contributed by atoms with E-state index in [9.17, 15) is 14.4 Å². The summed E-state index contributed by atoms with van der Waals surface area (Å²) in [6.07, 6.45) is 2.86. The number of carbonyl (C=O) groups excluding carboxylic acids is 2. The first-order valence-corrected chi connectivity index (χ1v) is 5.65. The number of carboxylic acid groups (broad SMARTS) is 1. The van der Waals surface area contributed by atoms with Crippen molar-refractivity contribution in [3.8, 4) is 0 Å². The van der Waals surface area contributed by atoms with Crippen LogP contribution in [0.25, 0.3) is 0 Å². The van der Waals surface area contributed by atoms with E-state index in [1.165, 1.54) is 6.08 Å². The van der Waals surface area contributed by atoms with Gasteiger partial charge in [0.1, 0.15) is 0 Å². The Balaban J connectivity index is 2.21. The molecular weight excluding hydrogens is 232 g/mol. The number of carbonyl (C=O) groups is 3. The molecule has 0 fully saturated rings. The number of aliphatic carboxylic acids is 1. The molecule has 1 aliphatic carbocycles. The lowest BCUT2D eigenvalue weighted by molar-refractivity contribution is -0.131. The maximum Gasteiger partial charge on any atom is 0.327 e. The summed E-state index contributed by atoms with van der Waals surface area (Å²) in [5.74, 6) is -1.63. The second-order valence-corrected chi connectivity index (χ2v) is 4.21. The zero-order chi connectivity index (χ0) is 13.1. The zero-order valence-electron chi connectivity index (χ0n) is 9.63. The first-order chi connectivity index (χ1) is 8.59. The lowest BCUT2D eigenvalue weighted by Gasteiger charge is -2.20. The van der Waals surface area contributed by atoms with Crippen molar-refractivity contribution in [3.63, 3.8) is 0 Å². The second-order valence-electron chi connectivity index (χ2n) is 4.21. The van der Waals surface area contributed by atoms with E-state index in [2.05, 4.69) is 0 Å². The van der Waals surface area contributed by atoms with Gasteiger partial charge in [-0.1, -0.05) is 30.3 Å². The highest BCUT2D eigenvalue weighted by molar-refractivity contribution is 6.14. The number of hydrogen-bond donors (Lipinski definition) is 1. The molecule has 4 heteroatoms. The van der Waals surface area contributed by atoms with E-state index in [0.29, 0.717) is 11.1 Å². The maximum absolute atomic E-state index is 12.1. The van der Waals surface area contributed by atoms with Gasteiger partial charge >= 0.3 is 5.97 Å². The Labute approximate surface area is 104 Å². The molecule has 1 aliphatic rings. The monoisotopic (exact) mass is 244 g/mol. The molecular formula is C14H12O4. The Morgan fingerprint density at radius 3 is 2.61 bits per heavy atom. The van der Waals surface area contributed by atoms with Crippen LogP contribution in [0.4, 0.5) is 0 Å². The predicted molar refractivity (Wildman–Crippen MR) is 64.6 cm³/mol. The second kappa shape index (κ2) is 4.96. The summed E-state index contributed by atoms with van der Waals surface area (Å²) in [5, 5.41) is 8.48. The van der Waals surface area contributed by atoms with Crippen molar-refractivity contribution >= 4 is 17.5 Å². The standard InChI is InChI=1S/C14H12O4/c15-12-8-9(4-3-7-13(16)17)14(18)11-6-2-1-5-10(11)12/h1-3,5-7,9H,4,8H2,(H,16,17)/b7-3+/t9-/m1/s1. The van der Waals surface area contributed by atoms with Crippen LogP contribution in [0.3, 0.4) is 0 Å². The number of fused-ring (bicyclic) bond motifs is 1. The zero-order valence-corrected chi connectivity index (χ0v) is 9.63. The molecule has 18 heavy (non-hydrogen) atoms. The molecule has 0 spiro atoms. The number of ketones is 2. The topological polar surface area (TPSA) is 71.4 Å². The summed E-state index contributed by atoms with van der Waals surface area (Å²) in [6.45, 7) is 0. The van der Waals surface area contributed by atoms with E-state index in [1.807, 2.05) is 0 Å². The first kappa shape index (κ1) is 12.2. The molecule has 0 amide bonds. The summed E-state index contributed by atoms with van der Waals surface area (Å²) in [7, 11) is 0. The SMILES string of the molecule is O=C(O)/C=C/C[C@@H]1CC(=O)c2ccccc2C1=O. The van der Waals surface area contributed by atoms with Crippen LogP contribution in [0.2, 0.25) is 0 Å². The number of carboxylic acids is 1. The predicted octanol–water partition coefficient (Wildman–Crippen LogP) is 2.10. The molecule has 1 N–H and O–H groups in total. The van der Waals surface area contributed by atoms with Gasteiger partial charge in [0.05, 0.1) is 0 Å². The van der Waals surface area contributed by atoms with Crippen LogP contribution in [-0.2, 0) is 4.79 Å². The van der Waals surface area contributed by atoms with E-state index in [4.69, 9.17) is 5.11 Å². The van der Waals surface area contributed by atoms with Gasteiger partial charge in [0.25, 0.3) is 0 Å².